The molecule has 4 aromatic heterocycles. The Morgan fingerprint density at radius 2 is 1.45 bits per heavy atom. The number of sulfone groups is 1. The molecule has 26 nitrogen and oxygen atoms in total. The van der Waals surface area contributed by atoms with Gasteiger partial charge in [0.25, 0.3) is 15.2 Å². The van der Waals surface area contributed by atoms with Crippen LogP contribution in [0.1, 0.15) is 79.2 Å². The van der Waals surface area contributed by atoms with Crippen molar-refractivity contribution in [3.63, 3.8) is 0 Å². The zero-order chi connectivity index (χ0) is 73.4. The summed E-state index contributed by atoms with van der Waals surface area (Å²) in [6.07, 6.45) is -3.34. The number of anilines is 2. The second-order valence-electron chi connectivity index (χ2n) is 20.2. The summed E-state index contributed by atoms with van der Waals surface area (Å²) in [5, 5.41) is 25.3. The van der Waals surface area contributed by atoms with Crippen LogP contribution >= 0.6 is 46.4 Å². The lowest BCUT2D eigenvalue weighted by molar-refractivity contribution is -0.148. The second kappa shape index (κ2) is 31.7. The van der Waals surface area contributed by atoms with Crippen molar-refractivity contribution in [3.05, 3.63) is 156 Å². The van der Waals surface area contributed by atoms with Gasteiger partial charge >= 0.3 is 42.3 Å². The number of carbonyl (C=O) groups excluding carboxylic acids is 4. The van der Waals surface area contributed by atoms with Crippen LogP contribution in [-0.4, -0.2) is 139 Å². The van der Waals surface area contributed by atoms with Gasteiger partial charge in [-0.1, -0.05) is 40.9 Å². The maximum atomic E-state index is 14.2. The van der Waals surface area contributed by atoms with Gasteiger partial charge in [-0.25, -0.2) is 59.6 Å². The molecular weight excluding hydrogens is 1450 g/mol. The van der Waals surface area contributed by atoms with E-state index < -0.39 is 135 Å². The number of fused-ring (bicyclic) bond motifs is 1. The van der Waals surface area contributed by atoms with Gasteiger partial charge in [-0.05, 0) is 108 Å². The molecular formula is C57H53Cl4F9N12O14S2. The van der Waals surface area contributed by atoms with Gasteiger partial charge in [-0.3, -0.25) is 14.3 Å². The van der Waals surface area contributed by atoms with E-state index in [0.29, 0.717) is 43.3 Å². The van der Waals surface area contributed by atoms with Gasteiger partial charge in [0.05, 0.1) is 60.0 Å². The van der Waals surface area contributed by atoms with Crippen LogP contribution in [0.15, 0.2) is 92.9 Å². The van der Waals surface area contributed by atoms with Crippen molar-refractivity contribution in [2.24, 2.45) is 12.1 Å². The first-order chi connectivity index (χ1) is 45.7. The number of aromatic nitrogens is 9. The lowest BCUT2D eigenvalue weighted by Gasteiger charge is -2.32. The average Bonchev–Trinajstić information content (AvgIpc) is 1.56. The molecule has 1 aliphatic rings. The molecule has 2 N–H and O–H groups in total. The lowest BCUT2D eigenvalue weighted by Crippen LogP contribution is -2.48. The molecule has 1 aliphatic heterocycles. The molecule has 0 spiro atoms. The monoisotopic (exact) mass is 1500 g/mol. The van der Waals surface area contributed by atoms with Gasteiger partial charge in [0.2, 0.25) is 11.7 Å². The maximum Gasteiger partial charge on any atom is 0.416 e. The Morgan fingerprint density at radius 3 is 1.99 bits per heavy atom. The average molecular weight is 1510 g/mol. The number of methoxy groups -OCH3 is 1. The largest absolute Gasteiger partial charge is 0.493 e. The van der Waals surface area contributed by atoms with Crippen LogP contribution in [-0.2, 0) is 68.1 Å². The summed E-state index contributed by atoms with van der Waals surface area (Å²) in [7, 11) is -6.13. The molecule has 41 heteroatoms. The minimum absolute atomic E-state index is 0.0424. The summed E-state index contributed by atoms with van der Waals surface area (Å²) in [5.74, 6) is -7.64. The number of hydrogen-bond donors (Lipinski definition) is 2. The second-order valence-corrected chi connectivity index (χ2v) is 25.5. The number of hydrogen-bond acceptors (Lipinski definition) is 21. The first-order valence-electron chi connectivity index (χ1n) is 27.7. The number of nitrogens with one attached hydrogen (secondary N) is 1. The van der Waals surface area contributed by atoms with Crippen molar-refractivity contribution in [1.29, 1.82) is 0 Å². The van der Waals surface area contributed by atoms with E-state index in [-0.39, 0.29) is 82.3 Å². The molecule has 0 saturated carbocycles. The van der Waals surface area contributed by atoms with Crippen molar-refractivity contribution >= 4 is 113 Å². The fourth-order valence-electron chi connectivity index (χ4n) is 8.75. The van der Waals surface area contributed by atoms with E-state index in [0.717, 1.165) is 47.3 Å². The van der Waals surface area contributed by atoms with Crippen LogP contribution in [0.4, 0.5) is 50.9 Å². The maximum absolute atomic E-state index is 14.2. The summed E-state index contributed by atoms with van der Waals surface area (Å²) < 4.78 is 191. The predicted octanol–water partition coefficient (Wildman–Crippen LogP) is 10.1. The minimum atomic E-state index is -4.76. The Labute approximate surface area is 569 Å². The number of para-hydroxylation sites is 1. The van der Waals surface area contributed by atoms with Crippen molar-refractivity contribution in [3.8, 4) is 17.6 Å². The van der Waals surface area contributed by atoms with Gasteiger partial charge < -0.3 is 24.1 Å². The van der Waals surface area contributed by atoms with Crippen molar-refractivity contribution in [2.75, 3.05) is 42.9 Å². The number of benzene rings is 4. The molecule has 4 aromatic carbocycles. The number of ketones is 1. The molecule has 8 aromatic rings. The molecule has 2 unspecified atom stereocenters. The Bertz CT molecular complexity index is 4690. The number of aromatic hydroxyl groups is 1. The van der Waals surface area contributed by atoms with Gasteiger partial charge in [-0.15, -0.1) is 21.8 Å². The van der Waals surface area contributed by atoms with E-state index in [9.17, 15) is 85.4 Å². The predicted molar refractivity (Wildman–Crippen MR) is 333 cm³/mol. The summed E-state index contributed by atoms with van der Waals surface area (Å²) in [6, 6.07) is 11.2. The molecule has 0 amide bonds. The van der Waals surface area contributed by atoms with Crippen LogP contribution in [0, 0.1) is 37.1 Å². The van der Waals surface area contributed by atoms with Gasteiger partial charge in [0.15, 0.2) is 32.7 Å². The first kappa shape index (κ1) is 78.0. The van der Waals surface area contributed by atoms with Crippen molar-refractivity contribution in [2.45, 2.75) is 88.1 Å². The van der Waals surface area contributed by atoms with Crippen LogP contribution in [0.2, 0.25) is 15.1 Å². The van der Waals surface area contributed by atoms with Crippen LogP contribution in [0.25, 0.3) is 11.3 Å². The molecule has 9 rings (SSSR count). The Kier molecular flexibility index (Phi) is 25.2. The fraction of sp³-hybridized carbons (Fsp3) is 0.316. The highest BCUT2D eigenvalue weighted by molar-refractivity contribution is 7.92. The molecule has 528 valence electrons. The van der Waals surface area contributed by atoms with E-state index in [1.807, 2.05) is 0 Å². The normalized spacial score (nSPS) is 14.1. The van der Waals surface area contributed by atoms with E-state index in [1.165, 1.54) is 33.0 Å². The van der Waals surface area contributed by atoms with Crippen LogP contribution < -0.4 is 20.2 Å². The van der Waals surface area contributed by atoms with Gasteiger partial charge in [-0.2, -0.15) is 54.8 Å². The highest BCUT2D eigenvalue weighted by Gasteiger charge is 2.50. The molecule has 0 saturated heterocycles. The standard InChI is InChI=1S/C16H18Cl2N2O4.C15H14Cl2F3N3O3.C14H13F3N2O4S.C12H8F3N5O3S/c1-4-23-14(21)12-9-16(3,15(22)24-5-2)20(19-12)13-7-6-10(17)8-11(13)18;1-3-26-13(24)10(17)4-8-5-12(11(18)6-9(8)16)23-15(25)22(14(19)20)7(2)21-23;1-7-11(13(21)19(2)18-7)12(20)9-5-4-8(14(15,16)17)6-10(9)24(3,22)23;1-23-12-16-5-8(15)10-17-11(18-20(10)12)24(21,22)19-9-6(13)3-2-4-7(9)14/h6-8H,4-5,9H2,1-3H3;5-6,10,14H,3-4H2,1-2H3;4-6,21H,1-3H3;2-5,19H,1H3. The number of hydrazone groups is 1. The number of rotatable bonds is 18. The third-order valence-electron chi connectivity index (χ3n) is 13.3. The van der Waals surface area contributed by atoms with Crippen LogP contribution in [0.3, 0.4) is 0 Å². The third kappa shape index (κ3) is 17.6. The van der Waals surface area contributed by atoms with E-state index >= 15 is 0 Å². The smallest absolute Gasteiger partial charge is 0.416 e. The third-order valence-corrected chi connectivity index (χ3v) is 16.8. The summed E-state index contributed by atoms with van der Waals surface area (Å²) in [6.45, 7) is 6.71. The summed E-state index contributed by atoms with van der Waals surface area (Å²) in [4.78, 5) is 67.1. The minimum Gasteiger partial charge on any atom is -0.493 e. The molecule has 0 fully saturated rings. The zero-order valence-electron chi connectivity index (χ0n) is 52.0. The summed E-state index contributed by atoms with van der Waals surface area (Å²) in [5.41, 5.74) is -5.14. The SMILES string of the molecule is CCOC(=O)C(Cl)Cc1cc(-n2nc(C)n(C(F)F)c2=O)c(F)cc1Cl.CCOC(=O)C1=NN(c2ccc(Cl)cc2Cl)C(C)(C(=O)OCC)C1.COc1ncc(F)c2nc(S(=O)(=O)Nc3c(F)cccc3F)nn12.Cc1nn(C)c(O)c1C(=O)c1ccc(C(F)(F)F)cc1S(C)(=O)=O. The van der Waals surface area contributed by atoms with Crippen molar-refractivity contribution < 1.29 is 99.6 Å². The highest BCUT2D eigenvalue weighted by Crippen LogP contribution is 2.40. The number of halogens is 13. The topological polar surface area (TPSA) is 322 Å². The first-order valence-corrected chi connectivity index (χ1v) is 32.6. The van der Waals surface area contributed by atoms with Gasteiger partial charge in [0.1, 0.15) is 45.5 Å². The molecule has 2 atom stereocenters. The van der Waals surface area contributed by atoms with E-state index in [4.69, 9.17) is 65.4 Å². The quantitative estimate of drug-likeness (QED) is 0.0265. The number of alkyl halides is 6. The van der Waals surface area contributed by atoms with Crippen molar-refractivity contribution in [1.82, 2.24) is 43.7 Å². The molecule has 0 aliphatic carbocycles. The van der Waals surface area contributed by atoms with Gasteiger partial charge in [0, 0.05) is 41.8 Å². The van der Waals surface area contributed by atoms with E-state index in [2.05, 4.69) is 30.4 Å². The molecule has 0 bridgehead atoms. The number of sulfonamides is 1. The highest BCUT2D eigenvalue weighted by atomic mass is 35.5. The molecule has 98 heavy (non-hydrogen) atoms. The Morgan fingerprint density at radius 1 is 0.816 bits per heavy atom. The number of nitrogens with zero attached hydrogens (tertiary/aromatic N) is 11. The van der Waals surface area contributed by atoms with Crippen LogP contribution in [0.5, 0.6) is 11.9 Å². The van der Waals surface area contributed by atoms with E-state index in [1.54, 1.807) is 50.6 Å². The molecule has 5 heterocycles. The number of ether oxygens (including phenoxy) is 4. The Hall–Kier alpha value is -9.04. The zero-order valence-corrected chi connectivity index (χ0v) is 56.7. The Balaban J connectivity index is 0.000000206. The summed E-state index contributed by atoms with van der Waals surface area (Å²) >= 11 is 24.1. The number of aryl methyl sites for hydroxylation is 3. The number of esters is 3. The number of carbonyl (C=O) groups is 4. The lowest BCUT2D eigenvalue weighted by atomic mass is 9.95. The fourth-order valence-corrected chi connectivity index (χ4v) is 11.5. The molecule has 0 radical (unpaired) electrons.